The van der Waals surface area contributed by atoms with E-state index in [1.54, 1.807) is 6.07 Å². The van der Waals surface area contributed by atoms with Crippen LogP contribution >= 0.6 is 0 Å². The molecule has 2 heterocycles. The molecule has 0 bridgehead atoms. The van der Waals surface area contributed by atoms with Gasteiger partial charge in [-0.05, 0) is 13.0 Å². The van der Waals surface area contributed by atoms with Crippen LogP contribution in [0.5, 0.6) is 0 Å². The molecule has 1 fully saturated rings. The molecular formula is C10H17N3O3S. The summed E-state index contributed by atoms with van der Waals surface area (Å²) in [6.45, 7) is 3.40. The van der Waals surface area contributed by atoms with Crippen LogP contribution in [0, 0.1) is 0 Å². The van der Waals surface area contributed by atoms with Gasteiger partial charge in [-0.15, -0.1) is 0 Å². The zero-order valence-corrected chi connectivity index (χ0v) is 10.5. The summed E-state index contributed by atoms with van der Waals surface area (Å²) in [5.74, 6) is 0. The largest absolute Gasteiger partial charge is 0.376 e. The van der Waals surface area contributed by atoms with E-state index in [1.807, 2.05) is 6.92 Å². The van der Waals surface area contributed by atoms with Crippen LogP contribution in [0.1, 0.15) is 12.6 Å². The fourth-order valence-electron chi connectivity index (χ4n) is 1.84. The molecule has 0 aliphatic carbocycles. The van der Waals surface area contributed by atoms with Gasteiger partial charge >= 0.3 is 0 Å². The van der Waals surface area contributed by atoms with Gasteiger partial charge in [-0.2, -0.15) is 4.31 Å². The topological polar surface area (TPSA) is 88.4 Å². The summed E-state index contributed by atoms with van der Waals surface area (Å²) in [5, 5.41) is 0. The van der Waals surface area contributed by atoms with Gasteiger partial charge in [0.25, 0.3) is 0 Å². The van der Waals surface area contributed by atoms with Crippen molar-refractivity contribution in [2.24, 2.45) is 5.73 Å². The number of hydrogen-bond donors (Lipinski definition) is 2. The first-order valence-corrected chi connectivity index (χ1v) is 6.97. The summed E-state index contributed by atoms with van der Waals surface area (Å²) in [6.07, 6.45) is 1.42. The van der Waals surface area contributed by atoms with E-state index in [9.17, 15) is 8.42 Å². The van der Waals surface area contributed by atoms with E-state index in [0.29, 0.717) is 31.9 Å². The second-order valence-corrected chi connectivity index (χ2v) is 6.05. The highest BCUT2D eigenvalue weighted by atomic mass is 32.2. The van der Waals surface area contributed by atoms with E-state index >= 15 is 0 Å². The maximum Gasteiger partial charge on any atom is 0.244 e. The number of morpholine rings is 1. The average molecular weight is 259 g/mol. The molecule has 1 aliphatic heterocycles. The highest BCUT2D eigenvalue weighted by Gasteiger charge is 2.29. The third-order valence-corrected chi connectivity index (χ3v) is 4.62. The number of nitrogens with two attached hydrogens (primary N) is 1. The molecule has 1 aromatic heterocycles. The average Bonchev–Trinajstić information content (AvgIpc) is 2.78. The molecule has 1 atom stereocenters. The summed E-state index contributed by atoms with van der Waals surface area (Å²) in [4.78, 5) is 3.12. The lowest BCUT2D eigenvalue weighted by molar-refractivity contribution is 0.0102. The number of nitrogens with zero attached hydrogens (tertiary/aromatic N) is 1. The number of hydrogen-bond acceptors (Lipinski definition) is 4. The van der Waals surface area contributed by atoms with Crippen LogP contribution in [-0.2, 0) is 21.3 Å². The van der Waals surface area contributed by atoms with Crippen molar-refractivity contribution in [1.29, 1.82) is 0 Å². The molecule has 0 saturated carbocycles. The number of aromatic amines is 1. The number of H-pyrrole nitrogens is 1. The molecule has 0 amide bonds. The molecule has 7 heteroatoms. The van der Waals surface area contributed by atoms with E-state index < -0.39 is 10.0 Å². The van der Waals surface area contributed by atoms with E-state index in [4.69, 9.17) is 10.5 Å². The Morgan fingerprint density at radius 1 is 1.65 bits per heavy atom. The molecule has 1 unspecified atom stereocenters. The molecule has 0 aromatic carbocycles. The number of sulfonamides is 1. The van der Waals surface area contributed by atoms with Crippen molar-refractivity contribution in [2.75, 3.05) is 19.7 Å². The first kappa shape index (κ1) is 12.6. The molecular weight excluding hydrogens is 242 g/mol. The highest BCUT2D eigenvalue weighted by molar-refractivity contribution is 7.89. The van der Waals surface area contributed by atoms with Crippen LogP contribution in [0.15, 0.2) is 17.2 Å². The number of nitrogens with one attached hydrogen (secondary N) is 1. The number of aromatic nitrogens is 1. The van der Waals surface area contributed by atoms with Crippen molar-refractivity contribution in [3.05, 3.63) is 18.0 Å². The standard InChI is InChI=1S/C10H17N3O3S/c1-8-7-13(2-3-16-8)17(14,15)10-4-9(5-11)12-6-10/h4,6,8,12H,2-3,5,7,11H2,1H3. The Morgan fingerprint density at radius 3 is 3.00 bits per heavy atom. The Bertz CT molecular complexity index is 483. The maximum absolute atomic E-state index is 12.3. The second-order valence-electron chi connectivity index (χ2n) is 4.11. The van der Waals surface area contributed by atoms with Crippen molar-refractivity contribution >= 4 is 10.0 Å². The van der Waals surface area contributed by atoms with Crippen LogP contribution in [0.2, 0.25) is 0 Å². The summed E-state index contributed by atoms with van der Waals surface area (Å²) in [6, 6.07) is 1.58. The van der Waals surface area contributed by atoms with Gasteiger partial charge in [0.15, 0.2) is 0 Å². The highest BCUT2D eigenvalue weighted by Crippen LogP contribution is 2.19. The van der Waals surface area contributed by atoms with Crippen LogP contribution in [0.3, 0.4) is 0 Å². The Morgan fingerprint density at radius 2 is 2.41 bits per heavy atom. The summed E-state index contributed by atoms with van der Waals surface area (Å²) in [7, 11) is -3.42. The lowest BCUT2D eigenvalue weighted by Gasteiger charge is -2.29. The van der Waals surface area contributed by atoms with Crippen LogP contribution in [-0.4, -0.2) is 43.5 Å². The van der Waals surface area contributed by atoms with E-state index in [0.717, 1.165) is 0 Å². The Labute approximate surface area is 101 Å². The Balaban J connectivity index is 2.23. The van der Waals surface area contributed by atoms with Gasteiger partial charge in [-0.1, -0.05) is 0 Å². The first-order chi connectivity index (χ1) is 8.04. The summed E-state index contributed by atoms with van der Waals surface area (Å²) < 4.78 is 31.3. The molecule has 1 aromatic rings. The lowest BCUT2D eigenvalue weighted by atomic mass is 10.3. The number of rotatable bonds is 3. The number of ether oxygens (including phenoxy) is 1. The van der Waals surface area contributed by atoms with Crippen molar-refractivity contribution < 1.29 is 13.2 Å². The van der Waals surface area contributed by atoms with Crippen LogP contribution in [0.4, 0.5) is 0 Å². The van der Waals surface area contributed by atoms with Crippen molar-refractivity contribution in [1.82, 2.24) is 9.29 Å². The second kappa shape index (κ2) is 4.77. The quantitative estimate of drug-likeness (QED) is 0.792. The van der Waals surface area contributed by atoms with Gasteiger partial charge in [-0.3, -0.25) is 0 Å². The third kappa shape index (κ3) is 2.52. The van der Waals surface area contributed by atoms with E-state index in [1.165, 1.54) is 10.5 Å². The first-order valence-electron chi connectivity index (χ1n) is 5.53. The molecule has 3 N–H and O–H groups in total. The molecule has 0 spiro atoms. The molecule has 96 valence electrons. The van der Waals surface area contributed by atoms with Gasteiger partial charge in [0, 0.05) is 31.5 Å². The Kier molecular flexibility index (Phi) is 3.53. The minimum absolute atomic E-state index is 0.0635. The molecule has 1 saturated heterocycles. The normalized spacial score (nSPS) is 22.8. The van der Waals surface area contributed by atoms with Gasteiger partial charge in [0.2, 0.25) is 10.0 Å². The van der Waals surface area contributed by atoms with Crippen molar-refractivity contribution in [3.8, 4) is 0 Å². The minimum Gasteiger partial charge on any atom is -0.376 e. The maximum atomic E-state index is 12.3. The fourth-order valence-corrected chi connectivity index (χ4v) is 3.36. The molecule has 2 rings (SSSR count). The van der Waals surface area contributed by atoms with Crippen LogP contribution < -0.4 is 5.73 Å². The van der Waals surface area contributed by atoms with Gasteiger partial charge in [0.05, 0.1) is 17.6 Å². The van der Waals surface area contributed by atoms with Crippen molar-refractivity contribution in [3.63, 3.8) is 0 Å². The van der Waals surface area contributed by atoms with Crippen LogP contribution in [0.25, 0.3) is 0 Å². The third-order valence-electron chi connectivity index (χ3n) is 2.78. The van der Waals surface area contributed by atoms with E-state index in [-0.39, 0.29) is 11.0 Å². The SMILES string of the molecule is CC1CN(S(=O)(=O)c2c[nH]c(CN)c2)CCO1. The molecule has 1 aliphatic rings. The van der Waals surface area contributed by atoms with Gasteiger partial charge in [-0.25, -0.2) is 8.42 Å². The molecule has 17 heavy (non-hydrogen) atoms. The lowest BCUT2D eigenvalue weighted by Crippen LogP contribution is -2.44. The zero-order chi connectivity index (χ0) is 12.5. The smallest absolute Gasteiger partial charge is 0.244 e. The van der Waals surface area contributed by atoms with E-state index in [2.05, 4.69) is 4.98 Å². The Hall–Kier alpha value is -0.890. The van der Waals surface area contributed by atoms with Crippen molar-refractivity contribution in [2.45, 2.75) is 24.5 Å². The fraction of sp³-hybridized carbons (Fsp3) is 0.600. The van der Waals surface area contributed by atoms with Gasteiger partial charge in [0.1, 0.15) is 0 Å². The van der Waals surface area contributed by atoms with Gasteiger partial charge < -0.3 is 15.5 Å². The monoisotopic (exact) mass is 259 g/mol. The minimum atomic E-state index is -3.42. The molecule has 6 nitrogen and oxygen atoms in total. The predicted molar refractivity (Wildman–Crippen MR) is 62.9 cm³/mol. The zero-order valence-electron chi connectivity index (χ0n) is 9.72. The summed E-state index contributed by atoms with van der Waals surface area (Å²) in [5.41, 5.74) is 6.16. The predicted octanol–water partition coefficient (Wildman–Crippen LogP) is -0.117. The summed E-state index contributed by atoms with van der Waals surface area (Å²) >= 11 is 0. The molecule has 0 radical (unpaired) electrons.